The number of aryl methyl sites for hydroxylation is 1. The summed E-state index contributed by atoms with van der Waals surface area (Å²) >= 11 is 0. The summed E-state index contributed by atoms with van der Waals surface area (Å²) in [5.74, 6) is -0.795. The molecule has 0 aromatic heterocycles. The molecule has 120 valence electrons. The standard InChI is InChI=1S/C18H20N2O3/c1-13-3-5-14(6-4-13)11-20(2)17(21)12-23-18(22)15-7-9-16(19)10-8-15/h3-10H,11-12,19H2,1-2H3. The summed E-state index contributed by atoms with van der Waals surface area (Å²) in [7, 11) is 1.68. The molecule has 2 aromatic rings. The van der Waals surface area contributed by atoms with E-state index in [4.69, 9.17) is 10.5 Å². The molecular weight excluding hydrogens is 292 g/mol. The summed E-state index contributed by atoms with van der Waals surface area (Å²) in [5, 5.41) is 0. The van der Waals surface area contributed by atoms with Crippen LogP contribution in [-0.4, -0.2) is 30.4 Å². The average molecular weight is 312 g/mol. The number of anilines is 1. The lowest BCUT2D eigenvalue weighted by Crippen LogP contribution is -2.30. The maximum absolute atomic E-state index is 12.0. The van der Waals surface area contributed by atoms with E-state index in [-0.39, 0.29) is 12.5 Å². The summed E-state index contributed by atoms with van der Waals surface area (Å²) in [5.41, 5.74) is 8.68. The Balaban J connectivity index is 1.84. The maximum Gasteiger partial charge on any atom is 0.338 e. The number of nitrogens with two attached hydrogens (primary N) is 1. The van der Waals surface area contributed by atoms with Gasteiger partial charge in [0.2, 0.25) is 0 Å². The number of ether oxygens (including phenoxy) is 1. The van der Waals surface area contributed by atoms with Gasteiger partial charge in [0.05, 0.1) is 5.56 Å². The quantitative estimate of drug-likeness (QED) is 0.679. The molecule has 2 rings (SSSR count). The van der Waals surface area contributed by atoms with Crippen molar-refractivity contribution in [2.75, 3.05) is 19.4 Å². The maximum atomic E-state index is 12.0. The molecule has 2 N–H and O–H groups in total. The fraction of sp³-hybridized carbons (Fsp3) is 0.222. The second kappa shape index (κ2) is 7.45. The van der Waals surface area contributed by atoms with Gasteiger partial charge >= 0.3 is 5.97 Å². The van der Waals surface area contributed by atoms with Crippen molar-refractivity contribution in [3.63, 3.8) is 0 Å². The smallest absolute Gasteiger partial charge is 0.338 e. The van der Waals surface area contributed by atoms with Gasteiger partial charge in [0, 0.05) is 19.3 Å². The number of rotatable bonds is 5. The molecule has 5 nitrogen and oxygen atoms in total. The highest BCUT2D eigenvalue weighted by Gasteiger charge is 2.13. The Labute approximate surface area is 135 Å². The number of likely N-dealkylation sites (N-methyl/N-ethyl adjacent to an activating group) is 1. The zero-order valence-electron chi connectivity index (χ0n) is 13.3. The third kappa shape index (κ3) is 4.85. The number of esters is 1. The van der Waals surface area contributed by atoms with Gasteiger partial charge in [-0.05, 0) is 36.8 Å². The molecule has 1 amide bonds. The van der Waals surface area contributed by atoms with Crippen LogP contribution in [0.1, 0.15) is 21.5 Å². The molecule has 0 aliphatic carbocycles. The molecule has 2 aromatic carbocycles. The van der Waals surface area contributed by atoms with Gasteiger partial charge in [-0.3, -0.25) is 4.79 Å². The highest BCUT2D eigenvalue weighted by Crippen LogP contribution is 2.08. The first-order valence-corrected chi connectivity index (χ1v) is 7.28. The fourth-order valence-corrected chi connectivity index (χ4v) is 2.00. The lowest BCUT2D eigenvalue weighted by molar-refractivity contribution is -0.133. The van der Waals surface area contributed by atoms with E-state index in [2.05, 4.69) is 0 Å². The molecule has 0 unspecified atom stereocenters. The Morgan fingerprint density at radius 1 is 1.04 bits per heavy atom. The van der Waals surface area contributed by atoms with Gasteiger partial charge < -0.3 is 15.4 Å². The molecule has 23 heavy (non-hydrogen) atoms. The third-order valence-electron chi connectivity index (χ3n) is 3.44. The van der Waals surface area contributed by atoms with Gasteiger partial charge in [0.1, 0.15) is 0 Å². The van der Waals surface area contributed by atoms with Crippen LogP contribution < -0.4 is 5.73 Å². The Morgan fingerprint density at radius 3 is 2.26 bits per heavy atom. The van der Waals surface area contributed by atoms with Gasteiger partial charge in [-0.25, -0.2) is 4.79 Å². The third-order valence-corrected chi connectivity index (χ3v) is 3.44. The zero-order chi connectivity index (χ0) is 16.8. The molecular formula is C18H20N2O3. The van der Waals surface area contributed by atoms with E-state index in [1.807, 2.05) is 31.2 Å². The van der Waals surface area contributed by atoms with Crippen LogP contribution in [-0.2, 0) is 16.1 Å². The summed E-state index contributed by atoms with van der Waals surface area (Å²) < 4.78 is 5.04. The number of nitrogen functional groups attached to an aromatic ring is 1. The predicted octanol–water partition coefficient (Wildman–Crippen LogP) is 2.39. The van der Waals surface area contributed by atoms with E-state index in [1.165, 1.54) is 10.5 Å². The Kier molecular flexibility index (Phi) is 5.36. The van der Waals surface area contributed by atoms with Crippen LogP contribution in [0.3, 0.4) is 0 Å². The monoisotopic (exact) mass is 312 g/mol. The molecule has 0 saturated heterocycles. The van der Waals surface area contributed by atoms with E-state index in [0.717, 1.165) is 5.56 Å². The van der Waals surface area contributed by atoms with E-state index in [0.29, 0.717) is 17.8 Å². The summed E-state index contributed by atoms with van der Waals surface area (Å²) in [6.45, 7) is 2.19. The van der Waals surface area contributed by atoms with Crippen molar-refractivity contribution in [2.45, 2.75) is 13.5 Å². The highest BCUT2D eigenvalue weighted by molar-refractivity contribution is 5.91. The van der Waals surface area contributed by atoms with Crippen LogP contribution in [0.25, 0.3) is 0 Å². The second-order valence-corrected chi connectivity index (χ2v) is 5.43. The molecule has 5 heteroatoms. The zero-order valence-corrected chi connectivity index (χ0v) is 13.3. The fourth-order valence-electron chi connectivity index (χ4n) is 2.00. The van der Waals surface area contributed by atoms with Crippen LogP contribution in [0.4, 0.5) is 5.69 Å². The molecule has 0 aliphatic rings. The first-order chi connectivity index (χ1) is 11.0. The number of benzene rings is 2. The van der Waals surface area contributed by atoms with Crippen molar-refractivity contribution >= 4 is 17.6 Å². The molecule has 0 aliphatic heterocycles. The minimum atomic E-state index is -0.540. The minimum absolute atomic E-state index is 0.255. The van der Waals surface area contributed by atoms with Gasteiger partial charge in [0.15, 0.2) is 6.61 Å². The van der Waals surface area contributed by atoms with Gasteiger partial charge in [-0.15, -0.1) is 0 Å². The number of nitrogens with zero attached hydrogens (tertiary/aromatic N) is 1. The van der Waals surface area contributed by atoms with Crippen molar-refractivity contribution in [2.24, 2.45) is 0 Å². The summed E-state index contributed by atoms with van der Waals surface area (Å²) in [4.78, 5) is 25.4. The highest BCUT2D eigenvalue weighted by atomic mass is 16.5. The van der Waals surface area contributed by atoms with Gasteiger partial charge in [-0.2, -0.15) is 0 Å². The summed E-state index contributed by atoms with van der Waals surface area (Å²) in [6.07, 6.45) is 0. The van der Waals surface area contributed by atoms with E-state index in [9.17, 15) is 9.59 Å². The van der Waals surface area contributed by atoms with Crippen LogP contribution >= 0.6 is 0 Å². The van der Waals surface area contributed by atoms with Crippen LogP contribution in [0, 0.1) is 6.92 Å². The molecule has 0 spiro atoms. The lowest BCUT2D eigenvalue weighted by Gasteiger charge is -2.17. The first kappa shape index (κ1) is 16.5. The van der Waals surface area contributed by atoms with Crippen molar-refractivity contribution in [3.8, 4) is 0 Å². The normalized spacial score (nSPS) is 10.2. The minimum Gasteiger partial charge on any atom is -0.452 e. The number of amides is 1. The van der Waals surface area contributed by atoms with Gasteiger partial charge in [0.25, 0.3) is 5.91 Å². The predicted molar refractivity (Wildman–Crippen MR) is 88.8 cm³/mol. The number of carbonyl (C=O) groups is 2. The van der Waals surface area contributed by atoms with Crippen LogP contribution in [0.2, 0.25) is 0 Å². The SMILES string of the molecule is Cc1ccc(CN(C)C(=O)COC(=O)c2ccc(N)cc2)cc1. The largest absolute Gasteiger partial charge is 0.452 e. The van der Waals surface area contributed by atoms with Gasteiger partial charge in [-0.1, -0.05) is 29.8 Å². The lowest BCUT2D eigenvalue weighted by atomic mass is 10.1. The van der Waals surface area contributed by atoms with E-state index >= 15 is 0 Å². The molecule has 0 saturated carbocycles. The molecule has 0 heterocycles. The Morgan fingerprint density at radius 2 is 1.65 bits per heavy atom. The van der Waals surface area contributed by atoms with Crippen molar-refractivity contribution in [1.82, 2.24) is 4.90 Å². The number of hydrogen-bond donors (Lipinski definition) is 1. The number of hydrogen-bond acceptors (Lipinski definition) is 4. The second-order valence-electron chi connectivity index (χ2n) is 5.43. The molecule has 0 bridgehead atoms. The van der Waals surface area contributed by atoms with Crippen molar-refractivity contribution < 1.29 is 14.3 Å². The first-order valence-electron chi connectivity index (χ1n) is 7.28. The molecule has 0 atom stereocenters. The van der Waals surface area contributed by atoms with Crippen LogP contribution in [0.15, 0.2) is 48.5 Å². The van der Waals surface area contributed by atoms with E-state index in [1.54, 1.807) is 31.3 Å². The Bertz CT molecular complexity index is 678. The van der Waals surface area contributed by atoms with Crippen molar-refractivity contribution in [1.29, 1.82) is 0 Å². The average Bonchev–Trinajstić information content (AvgIpc) is 2.55. The topological polar surface area (TPSA) is 72.6 Å². The van der Waals surface area contributed by atoms with Crippen molar-refractivity contribution in [3.05, 3.63) is 65.2 Å². The van der Waals surface area contributed by atoms with Crippen LogP contribution in [0.5, 0.6) is 0 Å². The Hall–Kier alpha value is -2.82. The number of carbonyl (C=O) groups excluding carboxylic acids is 2. The summed E-state index contributed by atoms with van der Waals surface area (Å²) in [6, 6.07) is 14.3. The molecule has 0 fully saturated rings. The molecule has 0 radical (unpaired) electrons. The van der Waals surface area contributed by atoms with E-state index < -0.39 is 5.97 Å².